The highest BCUT2D eigenvalue weighted by Gasteiger charge is 1.99. The van der Waals surface area contributed by atoms with Crippen molar-refractivity contribution in [3.63, 3.8) is 0 Å². The molecular formula is C6H6BrClN2. The van der Waals surface area contributed by atoms with Crippen LogP contribution in [-0.4, -0.2) is 9.97 Å². The van der Waals surface area contributed by atoms with E-state index in [9.17, 15) is 0 Å². The van der Waals surface area contributed by atoms with E-state index in [2.05, 4.69) is 25.9 Å². The van der Waals surface area contributed by atoms with Crippen molar-refractivity contribution in [2.75, 3.05) is 0 Å². The molecule has 0 bridgehead atoms. The van der Waals surface area contributed by atoms with E-state index >= 15 is 0 Å². The van der Waals surface area contributed by atoms with Gasteiger partial charge in [-0.25, -0.2) is 4.98 Å². The first-order valence-corrected chi connectivity index (χ1v) is 4.28. The van der Waals surface area contributed by atoms with Gasteiger partial charge in [0, 0.05) is 11.5 Å². The summed E-state index contributed by atoms with van der Waals surface area (Å²) in [7, 11) is 0. The summed E-state index contributed by atoms with van der Waals surface area (Å²) in [6, 6.07) is 0. The van der Waals surface area contributed by atoms with Crippen molar-refractivity contribution in [2.24, 2.45) is 0 Å². The molecule has 4 heteroatoms. The summed E-state index contributed by atoms with van der Waals surface area (Å²) >= 11 is 8.97. The summed E-state index contributed by atoms with van der Waals surface area (Å²) in [5.41, 5.74) is 1.63. The number of hydrogen-bond donors (Lipinski definition) is 0. The van der Waals surface area contributed by atoms with Crippen molar-refractivity contribution in [1.29, 1.82) is 0 Å². The van der Waals surface area contributed by atoms with Crippen molar-refractivity contribution >= 4 is 27.5 Å². The smallest absolute Gasteiger partial charge is 0.151 e. The van der Waals surface area contributed by atoms with Crippen LogP contribution in [0.4, 0.5) is 0 Å². The van der Waals surface area contributed by atoms with Crippen LogP contribution in [0, 0.1) is 6.92 Å². The van der Waals surface area contributed by atoms with Gasteiger partial charge < -0.3 is 0 Å². The van der Waals surface area contributed by atoms with E-state index in [1.54, 1.807) is 6.20 Å². The van der Waals surface area contributed by atoms with Crippen molar-refractivity contribution in [3.8, 4) is 0 Å². The fourth-order valence-corrected chi connectivity index (χ4v) is 1.38. The van der Waals surface area contributed by atoms with Crippen LogP contribution in [0.25, 0.3) is 0 Å². The van der Waals surface area contributed by atoms with E-state index < -0.39 is 0 Å². The molecular weight excluding hydrogens is 215 g/mol. The Morgan fingerprint density at radius 1 is 1.70 bits per heavy atom. The first-order valence-electron chi connectivity index (χ1n) is 2.78. The zero-order valence-electron chi connectivity index (χ0n) is 5.43. The van der Waals surface area contributed by atoms with Crippen LogP contribution in [0.15, 0.2) is 6.20 Å². The molecule has 1 aromatic rings. The third-order valence-corrected chi connectivity index (χ3v) is 1.88. The minimum Gasteiger partial charge on any atom is -0.255 e. The number of rotatable bonds is 1. The van der Waals surface area contributed by atoms with Gasteiger partial charge in [-0.15, -0.1) is 0 Å². The molecule has 10 heavy (non-hydrogen) atoms. The summed E-state index contributed by atoms with van der Waals surface area (Å²) in [5, 5.41) is 1.14. The standard InChI is InChI=1S/C6H6BrClN2/c1-4-3-9-5(2-7)6(8)10-4/h3H,2H2,1H3. The van der Waals surface area contributed by atoms with E-state index in [1.807, 2.05) is 6.92 Å². The highest BCUT2D eigenvalue weighted by molar-refractivity contribution is 9.08. The zero-order valence-corrected chi connectivity index (χ0v) is 7.78. The number of alkyl halides is 1. The predicted octanol–water partition coefficient (Wildman–Crippen LogP) is 2.33. The van der Waals surface area contributed by atoms with Crippen molar-refractivity contribution in [2.45, 2.75) is 12.3 Å². The molecule has 1 aromatic heterocycles. The van der Waals surface area contributed by atoms with Gasteiger partial charge in [0.1, 0.15) is 0 Å². The lowest BCUT2D eigenvalue weighted by Gasteiger charge is -1.97. The highest BCUT2D eigenvalue weighted by atomic mass is 79.9. The molecule has 0 saturated heterocycles. The van der Waals surface area contributed by atoms with Crippen molar-refractivity contribution in [1.82, 2.24) is 9.97 Å². The molecule has 1 heterocycles. The Balaban J connectivity index is 3.07. The summed E-state index contributed by atoms with van der Waals surface area (Å²) in [6.07, 6.45) is 1.70. The second-order valence-electron chi connectivity index (χ2n) is 1.88. The normalized spacial score (nSPS) is 9.90. The van der Waals surface area contributed by atoms with Crippen LogP contribution in [0.2, 0.25) is 5.15 Å². The predicted molar refractivity (Wildman–Crippen MR) is 44.4 cm³/mol. The molecule has 0 amide bonds. The topological polar surface area (TPSA) is 25.8 Å². The molecule has 0 fully saturated rings. The summed E-state index contributed by atoms with van der Waals surface area (Å²) in [5.74, 6) is 0. The number of nitrogens with zero attached hydrogens (tertiary/aromatic N) is 2. The third kappa shape index (κ3) is 1.67. The highest BCUT2D eigenvalue weighted by Crippen LogP contribution is 2.12. The summed E-state index contributed by atoms with van der Waals surface area (Å²) in [6.45, 7) is 1.86. The van der Waals surface area contributed by atoms with Gasteiger partial charge in [0.25, 0.3) is 0 Å². The van der Waals surface area contributed by atoms with Gasteiger partial charge in [-0.2, -0.15) is 0 Å². The molecule has 0 N–H and O–H groups in total. The van der Waals surface area contributed by atoms with E-state index in [4.69, 9.17) is 11.6 Å². The summed E-state index contributed by atoms with van der Waals surface area (Å²) < 4.78 is 0. The van der Waals surface area contributed by atoms with Crippen molar-refractivity contribution < 1.29 is 0 Å². The van der Waals surface area contributed by atoms with Gasteiger partial charge in [-0.3, -0.25) is 4.98 Å². The molecule has 2 nitrogen and oxygen atoms in total. The van der Waals surface area contributed by atoms with Gasteiger partial charge in [-0.05, 0) is 6.92 Å². The SMILES string of the molecule is Cc1cnc(CBr)c(Cl)n1. The van der Waals surface area contributed by atoms with Gasteiger partial charge in [0.15, 0.2) is 5.15 Å². The van der Waals surface area contributed by atoms with Crippen LogP contribution in [0.1, 0.15) is 11.4 Å². The van der Waals surface area contributed by atoms with Gasteiger partial charge in [-0.1, -0.05) is 27.5 Å². The minimum absolute atomic E-state index is 0.483. The van der Waals surface area contributed by atoms with Gasteiger partial charge >= 0.3 is 0 Å². The van der Waals surface area contributed by atoms with Gasteiger partial charge in [0.05, 0.1) is 11.4 Å². The Kier molecular flexibility index (Phi) is 2.63. The minimum atomic E-state index is 0.483. The van der Waals surface area contributed by atoms with Crippen LogP contribution in [0.5, 0.6) is 0 Å². The second kappa shape index (κ2) is 3.30. The Hall–Kier alpha value is -0.150. The summed E-state index contributed by atoms with van der Waals surface area (Å²) in [4.78, 5) is 8.07. The molecule has 0 spiro atoms. The Morgan fingerprint density at radius 3 is 2.90 bits per heavy atom. The van der Waals surface area contributed by atoms with E-state index in [1.165, 1.54) is 0 Å². The van der Waals surface area contributed by atoms with E-state index in [0.29, 0.717) is 10.5 Å². The second-order valence-corrected chi connectivity index (χ2v) is 2.80. The number of hydrogen-bond acceptors (Lipinski definition) is 2. The quantitative estimate of drug-likeness (QED) is 0.680. The lowest BCUT2D eigenvalue weighted by Crippen LogP contribution is -1.91. The molecule has 0 aliphatic heterocycles. The number of aromatic nitrogens is 2. The monoisotopic (exact) mass is 220 g/mol. The van der Waals surface area contributed by atoms with Crippen LogP contribution >= 0.6 is 27.5 Å². The number of aryl methyl sites for hydroxylation is 1. The molecule has 0 saturated carbocycles. The average Bonchev–Trinajstić information content (AvgIpc) is 1.88. The number of halogens is 2. The maximum absolute atomic E-state index is 5.73. The Morgan fingerprint density at radius 2 is 2.40 bits per heavy atom. The molecule has 1 rings (SSSR count). The molecule has 0 aromatic carbocycles. The van der Waals surface area contributed by atoms with Gasteiger partial charge in [0.2, 0.25) is 0 Å². The third-order valence-electron chi connectivity index (χ3n) is 1.05. The van der Waals surface area contributed by atoms with E-state index in [0.717, 1.165) is 11.4 Å². The largest absolute Gasteiger partial charge is 0.255 e. The Labute approximate surface area is 72.8 Å². The first-order chi connectivity index (χ1) is 4.74. The van der Waals surface area contributed by atoms with Crippen molar-refractivity contribution in [3.05, 3.63) is 22.7 Å². The fraction of sp³-hybridized carbons (Fsp3) is 0.333. The maximum Gasteiger partial charge on any atom is 0.151 e. The van der Waals surface area contributed by atoms with Crippen LogP contribution < -0.4 is 0 Å². The van der Waals surface area contributed by atoms with Crippen LogP contribution in [-0.2, 0) is 5.33 Å². The zero-order chi connectivity index (χ0) is 7.56. The molecule has 0 unspecified atom stereocenters. The molecule has 0 atom stereocenters. The van der Waals surface area contributed by atoms with Crippen LogP contribution in [0.3, 0.4) is 0 Å². The molecule has 0 aliphatic rings. The lowest BCUT2D eigenvalue weighted by molar-refractivity contribution is 1.06. The Bertz CT molecular complexity index is 239. The molecule has 0 radical (unpaired) electrons. The lowest BCUT2D eigenvalue weighted by atomic mass is 10.4. The first kappa shape index (κ1) is 7.95. The maximum atomic E-state index is 5.73. The molecule has 0 aliphatic carbocycles. The van der Waals surface area contributed by atoms with E-state index in [-0.39, 0.29) is 0 Å². The fourth-order valence-electron chi connectivity index (χ4n) is 0.562. The average molecular weight is 221 g/mol. The molecule has 54 valence electrons.